The Bertz CT molecular complexity index is 1060. The molecule has 31 heavy (non-hydrogen) atoms. The zero-order valence-electron chi connectivity index (χ0n) is 17.9. The fourth-order valence-corrected chi connectivity index (χ4v) is 4.22. The van der Waals surface area contributed by atoms with E-state index in [0.717, 1.165) is 18.0 Å². The van der Waals surface area contributed by atoms with Gasteiger partial charge in [-0.1, -0.05) is 25.1 Å². The van der Waals surface area contributed by atoms with E-state index in [1.54, 1.807) is 31.4 Å². The maximum Gasteiger partial charge on any atom is 0.295 e. The lowest BCUT2D eigenvalue weighted by atomic mass is 9.94. The van der Waals surface area contributed by atoms with Crippen LogP contribution in [0, 0.1) is 0 Å². The number of carbonyl (C=O) groups excluding carboxylic acids is 2. The number of para-hydroxylation sites is 1. The molecule has 1 amide bonds. The van der Waals surface area contributed by atoms with Crippen LogP contribution >= 0.6 is 0 Å². The van der Waals surface area contributed by atoms with Crippen LogP contribution < -0.4 is 14.4 Å². The summed E-state index contributed by atoms with van der Waals surface area (Å²) in [5, 5.41) is 11.3. The number of benzene rings is 2. The van der Waals surface area contributed by atoms with Crippen molar-refractivity contribution in [2.45, 2.75) is 19.4 Å². The summed E-state index contributed by atoms with van der Waals surface area (Å²) in [5.74, 6) is -0.227. The van der Waals surface area contributed by atoms with Crippen LogP contribution in [-0.2, 0) is 9.59 Å². The summed E-state index contributed by atoms with van der Waals surface area (Å²) in [5.41, 5.74) is 2.03. The highest BCUT2D eigenvalue weighted by atomic mass is 16.5. The third-order valence-corrected chi connectivity index (χ3v) is 5.77. The quantitative estimate of drug-likeness (QED) is 0.452. The Morgan fingerprint density at radius 1 is 1.23 bits per heavy atom. The molecule has 0 radical (unpaired) electrons. The maximum atomic E-state index is 13.1. The molecule has 0 saturated carbocycles. The molecule has 1 atom stereocenters. The van der Waals surface area contributed by atoms with Crippen LogP contribution in [0.4, 0.5) is 5.69 Å². The highest BCUT2D eigenvalue weighted by Gasteiger charge is 2.46. The van der Waals surface area contributed by atoms with Crippen molar-refractivity contribution in [3.05, 3.63) is 59.2 Å². The predicted molar refractivity (Wildman–Crippen MR) is 118 cm³/mol. The van der Waals surface area contributed by atoms with Crippen molar-refractivity contribution < 1.29 is 24.2 Å². The molecule has 0 aromatic heterocycles. The molecule has 2 heterocycles. The number of amides is 1. The van der Waals surface area contributed by atoms with E-state index >= 15 is 0 Å². The van der Waals surface area contributed by atoms with Gasteiger partial charge in [-0.2, -0.15) is 0 Å². The summed E-state index contributed by atoms with van der Waals surface area (Å²) >= 11 is 0. The molecule has 2 aromatic rings. The number of rotatable bonds is 5. The second kappa shape index (κ2) is 8.34. The van der Waals surface area contributed by atoms with E-state index < -0.39 is 17.7 Å². The lowest BCUT2D eigenvalue weighted by Gasteiger charge is -2.28. The fraction of sp³-hybridized carbons (Fsp3) is 0.333. The standard InChI is InChI=1S/C24H26N2O5/c1-4-11-26-21(16-7-5-6-8-18(16)30-3)20(23(28)24(26)29)22(27)15-9-10-19-17(14-15)25(2)12-13-31-19/h5-10,14,21,27H,4,11-13H2,1-3H3/b22-20+. The number of carbonyl (C=O) groups is 2. The lowest BCUT2D eigenvalue weighted by Crippen LogP contribution is -2.30. The van der Waals surface area contributed by atoms with E-state index in [9.17, 15) is 14.7 Å². The van der Waals surface area contributed by atoms with Crippen LogP contribution in [-0.4, -0.2) is 55.6 Å². The Labute approximate surface area is 181 Å². The molecule has 1 fully saturated rings. The normalized spacial score (nSPS) is 19.9. The smallest absolute Gasteiger partial charge is 0.295 e. The highest BCUT2D eigenvalue weighted by Crippen LogP contribution is 2.43. The van der Waals surface area contributed by atoms with Crippen molar-refractivity contribution in [2.24, 2.45) is 0 Å². The van der Waals surface area contributed by atoms with Gasteiger partial charge in [-0.3, -0.25) is 9.59 Å². The Hall–Kier alpha value is -3.48. The number of aliphatic hydroxyl groups is 1. The number of ether oxygens (including phenoxy) is 2. The first-order chi connectivity index (χ1) is 15.0. The van der Waals surface area contributed by atoms with Gasteiger partial charge in [0.1, 0.15) is 23.9 Å². The van der Waals surface area contributed by atoms with Crippen molar-refractivity contribution in [3.8, 4) is 11.5 Å². The number of anilines is 1. The second-order valence-electron chi connectivity index (χ2n) is 7.69. The zero-order valence-corrected chi connectivity index (χ0v) is 17.9. The van der Waals surface area contributed by atoms with E-state index in [1.807, 2.05) is 37.1 Å². The highest BCUT2D eigenvalue weighted by molar-refractivity contribution is 6.46. The Morgan fingerprint density at radius 2 is 2.00 bits per heavy atom. The van der Waals surface area contributed by atoms with Crippen molar-refractivity contribution >= 4 is 23.1 Å². The number of hydrogen-bond donors (Lipinski definition) is 1. The van der Waals surface area contributed by atoms with Crippen molar-refractivity contribution in [1.82, 2.24) is 4.90 Å². The van der Waals surface area contributed by atoms with Gasteiger partial charge >= 0.3 is 0 Å². The molecule has 1 unspecified atom stereocenters. The molecule has 0 aliphatic carbocycles. The number of aliphatic hydroxyl groups excluding tert-OH is 1. The van der Waals surface area contributed by atoms with Crippen LogP contribution in [0.3, 0.4) is 0 Å². The largest absolute Gasteiger partial charge is 0.507 e. The summed E-state index contributed by atoms with van der Waals surface area (Å²) in [6, 6.07) is 11.8. The number of Topliss-reactive ketones (excluding diaryl/α,β-unsaturated/α-hetero) is 1. The lowest BCUT2D eigenvalue weighted by molar-refractivity contribution is -0.139. The number of nitrogens with zero attached hydrogens (tertiary/aromatic N) is 2. The van der Waals surface area contributed by atoms with Gasteiger partial charge in [-0.05, 0) is 30.7 Å². The minimum atomic E-state index is -0.721. The number of likely N-dealkylation sites (tertiary alicyclic amines) is 1. The zero-order chi connectivity index (χ0) is 22.1. The monoisotopic (exact) mass is 422 g/mol. The average Bonchev–Trinajstić information content (AvgIpc) is 3.03. The number of fused-ring (bicyclic) bond motifs is 1. The Morgan fingerprint density at radius 3 is 2.74 bits per heavy atom. The molecular formula is C24H26N2O5. The molecule has 0 bridgehead atoms. The van der Waals surface area contributed by atoms with E-state index in [0.29, 0.717) is 36.4 Å². The van der Waals surface area contributed by atoms with Crippen LogP contribution in [0.15, 0.2) is 48.0 Å². The Kier molecular flexibility index (Phi) is 5.59. The van der Waals surface area contributed by atoms with Gasteiger partial charge in [0.2, 0.25) is 0 Å². The van der Waals surface area contributed by atoms with Crippen molar-refractivity contribution in [3.63, 3.8) is 0 Å². The maximum absolute atomic E-state index is 13.1. The molecule has 4 rings (SSSR count). The third kappa shape index (κ3) is 3.50. The molecule has 0 spiro atoms. The SMILES string of the molecule is CCCN1C(=O)C(=O)/C(=C(/O)c2ccc3c(c2)N(C)CCO3)C1c1ccccc1OC. The minimum absolute atomic E-state index is 0.0716. The third-order valence-electron chi connectivity index (χ3n) is 5.77. The summed E-state index contributed by atoms with van der Waals surface area (Å²) < 4.78 is 11.2. The summed E-state index contributed by atoms with van der Waals surface area (Å²) in [7, 11) is 3.49. The van der Waals surface area contributed by atoms with Gasteiger partial charge in [0.15, 0.2) is 0 Å². The number of methoxy groups -OCH3 is 1. The topological polar surface area (TPSA) is 79.3 Å². The molecule has 2 aromatic carbocycles. The van der Waals surface area contributed by atoms with Crippen molar-refractivity contribution in [1.29, 1.82) is 0 Å². The van der Waals surface area contributed by atoms with E-state index in [-0.39, 0.29) is 11.3 Å². The van der Waals surface area contributed by atoms with E-state index in [4.69, 9.17) is 9.47 Å². The van der Waals surface area contributed by atoms with E-state index in [1.165, 1.54) is 4.90 Å². The molecule has 1 N–H and O–H groups in total. The number of likely N-dealkylation sites (N-methyl/N-ethyl adjacent to an activating group) is 1. The second-order valence-corrected chi connectivity index (χ2v) is 7.69. The first kappa shape index (κ1) is 20.8. The number of ketones is 1. The van der Waals surface area contributed by atoms with E-state index in [2.05, 4.69) is 0 Å². The first-order valence-electron chi connectivity index (χ1n) is 10.4. The molecular weight excluding hydrogens is 396 g/mol. The van der Waals surface area contributed by atoms with Gasteiger partial charge in [0.25, 0.3) is 11.7 Å². The van der Waals surface area contributed by atoms with Crippen LogP contribution in [0.1, 0.15) is 30.5 Å². The summed E-state index contributed by atoms with van der Waals surface area (Å²) in [6.45, 7) is 3.65. The van der Waals surface area contributed by atoms with Crippen LogP contribution in [0.25, 0.3) is 5.76 Å². The average molecular weight is 422 g/mol. The van der Waals surface area contributed by atoms with Gasteiger partial charge in [-0.25, -0.2) is 0 Å². The minimum Gasteiger partial charge on any atom is -0.507 e. The molecule has 1 saturated heterocycles. The number of hydrogen-bond acceptors (Lipinski definition) is 6. The summed E-state index contributed by atoms with van der Waals surface area (Å²) in [4.78, 5) is 29.5. The van der Waals surface area contributed by atoms with Gasteiger partial charge < -0.3 is 24.4 Å². The van der Waals surface area contributed by atoms with Gasteiger partial charge in [-0.15, -0.1) is 0 Å². The van der Waals surface area contributed by atoms with Gasteiger partial charge in [0.05, 0.1) is 31.0 Å². The molecule has 7 nitrogen and oxygen atoms in total. The van der Waals surface area contributed by atoms with Gasteiger partial charge in [0, 0.05) is 24.7 Å². The Balaban J connectivity index is 1.89. The van der Waals surface area contributed by atoms with Crippen molar-refractivity contribution in [2.75, 3.05) is 38.8 Å². The van der Waals surface area contributed by atoms with Crippen LogP contribution in [0.2, 0.25) is 0 Å². The van der Waals surface area contributed by atoms with Crippen LogP contribution in [0.5, 0.6) is 11.5 Å². The summed E-state index contributed by atoms with van der Waals surface area (Å²) in [6.07, 6.45) is 0.680. The first-order valence-corrected chi connectivity index (χ1v) is 10.4. The molecule has 7 heteroatoms. The molecule has 2 aliphatic heterocycles. The predicted octanol–water partition coefficient (Wildman–Crippen LogP) is 3.36. The fourth-order valence-electron chi connectivity index (χ4n) is 4.22. The molecule has 162 valence electrons. The molecule has 2 aliphatic rings.